The SMILES string of the molecule is COc1ccc(N2[C@@H](c3c(F)c(F)c(F)c(F)c3F)[C@H](c3c(F)c(F)c(F)c(F)c3F)N(c3ccc(OC)cc3)S2=O)cc1. The molecule has 0 N–H and O–H groups in total. The molecule has 0 amide bonds. The van der Waals surface area contributed by atoms with E-state index in [9.17, 15) is 30.6 Å². The minimum atomic E-state index is -2.91. The molecule has 0 spiro atoms. The van der Waals surface area contributed by atoms with Gasteiger partial charge in [0.2, 0.25) is 22.8 Å². The lowest BCUT2D eigenvalue weighted by molar-refractivity contribution is 0.348. The quantitative estimate of drug-likeness (QED) is 0.124. The van der Waals surface area contributed by atoms with Gasteiger partial charge in [0.25, 0.3) is 0 Å². The molecule has 0 unspecified atom stereocenters. The van der Waals surface area contributed by atoms with Gasteiger partial charge >= 0.3 is 0 Å². The molecular weight excluding hydrogens is 634 g/mol. The monoisotopic (exact) mass is 650 g/mol. The second-order valence-corrected chi connectivity index (χ2v) is 10.4. The van der Waals surface area contributed by atoms with Crippen LogP contribution in [-0.2, 0) is 11.2 Å². The molecule has 1 saturated heterocycles. The van der Waals surface area contributed by atoms with Gasteiger partial charge in [-0.3, -0.25) is 8.61 Å². The van der Waals surface area contributed by atoms with Gasteiger partial charge in [0.05, 0.1) is 36.7 Å². The number of ether oxygens (including phenoxy) is 2. The van der Waals surface area contributed by atoms with Gasteiger partial charge in [0, 0.05) is 0 Å². The summed E-state index contributed by atoms with van der Waals surface area (Å²) >= 11 is -2.91. The molecule has 1 heterocycles. The average Bonchev–Trinajstić information content (AvgIpc) is 3.32. The van der Waals surface area contributed by atoms with E-state index in [4.69, 9.17) is 9.47 Å². The van der Waals surface area contributed by atoms with E-state index >= 15 is 17.6 Å². The number of anilines is 2. The third-order valence-electron chi connectivity index (χ3n) is 6.87. The van der Waals surface area contributed by atoms with Crippen LogP contribution in [0, 0.1) is 58.2 Å². The van der Waals surface area contributed by atoms with E-state index in [1.807, 2.05) is 0 Å². The van der Waals surface area contributed by atoms with Gasteiger partial charge in [-0.1, -0.05) is 0 Å². The van der Waals surface area contributed by atoms with Crippen LogP contribution >= 0.6 is 0 Å². The second kappa shape index (κ2) is 11.6. The van der Waals surface area contributed by atoms with Gasteiger partial charge in [0.15, 0.2) is 46.5 Å². The van der Waals surface area contributed by atoms with Crippen molar-refractivity contribution in [3.05, 3.63) is 118 Å². The summed E-state index contributed by atoms with van der Waals surface area (Å²) in [5.41, 5.74) is -4.09. The summed E-state index contributed by atoms with van der Waals surface area (Å²) in [4.78, 5) is 0. The van der Waals surface area contributed by atoms with E-state index in [0.29, 0.717) is 8.61 Å². The first kappa shape index (κ1) is 31.0. The van der Waals surface area contributed by atoms with E-state index in [2.05, 4.69) is 0 Å². The molecule has 2 atom stereocenters. The first-order valence-electron chi connectivity index (χ1n) is 12.2. The Labute approximate surface area is 244 Å². The zero-order chi connectivity index (χ0) is 32.2. The third-order valence-corrected chi connectivity index (χ3v) is 8.42. The fourth-order valence-corrected chi connectivity index (χ4v) is 6.44. The Morgan fingerprint density at radius 2 is 0.727 bits per heavy atom. The van der Waals surface area contributed by atoms with E-state index in [-0.39, 0.29) is 22.9 Å². The molecule has 4 aromatic carbocycles. The summed E-state index contributed by atoms with van der Waals surface area (Å²) in [6, 6.07) is 4.35. The number of hydrogen-bond acceptors (Lipinski definition) is 3. The zero-order valence-corrected chi connectivity index (χ0v) is 22.9. The Balaban J connectivity index is 1.93. The van der Waals surface area contributed by atoms with Crippen LogP contribution in [0.15, 0.2) is 48.5 Å². The molecular formula is C28H16F10N2O3S. The van der Waals surface area contributed by atoms with Crippen LogP contribution in [0.4, 0.5) is 55.3 Å². The fraction of sp³-hybridized carbons (Fsp3) is 0.143. The molecule has 4 aromatic rings. The first-order chi connectivity index (χ1) is 20.8. The highest BCUT2D eigenvalue weighted by atomic mass is 32.2. The Hall–Kier alpha value is -4.47. The Kier molecular flexibility index (Phi) is 8.13. The molecule has 1 fully saturated rings. The molecule has 0 radical (unpaired) electrons. The van der Waals surface area contributed by atoms with Crippen molar-refractivity contribution in [2.45, 2.75) is 12.1 Å². The molecule has 5 rings (SSSR count). The lowest BCUT2D eigenvalue weighted by atomic mass is 9.90. The van der Waals surface area contributed by atoms with Crippen LogP contribution in [0.25, 0.3) is 0 Å². The number of nitrogens with zero attached hydrogens (tertiary/aromatic N) is 2. The summed E-state index contributed by atoms with van der Waals surface area (Å²) in [5, 5.41) is 0. The lowest BCUT2D eigenvalue weighted by Crippen LogP contribution is -2.29. The van der Waals surface area contributed by atoms with Crippen LogP contribution < -0.4 is 18.1 Å². The van der Waals surface area contributed by atoms with E-state index in [1.54, 1.807) is 0 Å². The van der Waals surface area contributed by atoms with Gasteiger partial charge in [-0.05, 0) is 48.5 Å². The Morgan fingerprint density at radius 3 is 0.977 bits per heavy atom. The van der Waals surface area contributed by atoms with Crippen LogP contribution in [0.2, 0.25) is 0 Å². The maximum absolute atomic E-state index is 15.4. The minimum Gasteiger partial charge on any atom is -0.497 e. The topological polar surface area (TPSA) is 42.0 Å². The van der Waals surface area contributed by atoms with Gasteiger partial charge in [-0.25, -0.2) is 48.1 Å². The normalized spacial score (nSPS) is 17.0. The van der Waals surface area contributed by atoms with Crippen molar-refractivity contribution in [1.82, 2.24) is 0 Å². The zero-order valence-electron chi connectivity index (χ0n) is 22.1. The van der Waals surface area contributed by atoms with Crippen LogP contribution in [0.5, 0.6) is 11.5 Å². The number of halogens is 10. The number of hydrogen-bond donors (Lipinski definition) is 0. The van der Waals surface area contributed by atoms with E-state index in [1.165, 1.54) is 38.5 Å². The Morgan fingerprint density at radius 1 is 0.477 bits per heavy atom. The maximum Gasteiger partial charge on any atom is 0.227 e. The molecule has 16 heteroatoms. The number of methoxy groups -OCH3 is 2. The van der Waals surface area contributed by atoms with Crippen LogP contribution in [-0.4, -0.2) is 18.4 Å². The van der Waals surface area contributed by atoms with Crippen molar-refractivity contribution in [2.24, 2.45) is 0 Å². The number of rotatable bonds is 6. The molecule has 0 bridgehead atoms. The molecule has 5 nitrogen and oxygen atoms in total. The predicted molar refractivity (Wildman–Crippen MR) is 137 cm³/mol. The summed E-state index contributed by atoms with van der Waals surface area (Å²) in [7, 11) is 2.54. The van der Waals surface area contributed by atoms with Gasteiger partial charge in [0.1, 0.15) is 23.6 Å². The largest absolute Gasteiger partial charge is 0.497 e. The van der Waals surface area contributed by atoms with Crippen LogP contribution in [0.3, 0.4) is 0 Å². The predicted octanol–water partition coefficient (Wildman–Crippen LogP) is 7.48. The Bertz CT molecular complexity index is 1600. The fourth-order valence-electron chi connectivity index (χ4n) is 4.82. The highest BCUT2D eigenvalue weighted by Gasteiger charge is 2.54. The van der Waals surface area contributed by atoms with Gasteiger partial charge in [-0.15, -0.1) is 0 Å². The van der Waals surface area contributed by atoms with Crippen LogP contribution in [0.1, 0.15) is 23.2 Å². The smallest absolute Gasteiger partial charge is 0.227 e. The minimum absolute atomic E-state index is 0.190. The van der Waals surface area contributed by atoms with E-state index in [0.717, 1.165) is 24.3 Å². The summed E-state index contributed by atoms with van der Waals surface area (Å²) in [6.07, 6.45) is 0. The second-order valence-electron chi connectivity index (χ2n) is 9.14. The standard InChI is InChI=1S/C28H16F10N2O3S/c1-42-13-7-3-11(4-8-13)39-27(15-17(29)21(33)25(37)22(34)18(15)30)28(16-19(31)23(35)26(38)24(36)20(16)32)40(44(39)41)12-5-9-14(43-2)10-6-12/h3-10,27-28H,1-2H3/t27-,28-/m0/s1. The van der Waals surface area contributed by atoms with Crippen molar-refractivity contribution in [3.63, 3.8) is 0 Å². The molecule has 232 valence electrons. The average molecular weight is 650 g/mol. The maximum atomic E-state index is 15.4. The molecule has 1 aliphatic rings. The van der Waals surface area contributed by atoms with Gasteiger partial charge < -0.3 is 9.47 Å². The molecule has 44 heavy (non-hydrogen) atoms. The number of benzene rings is 4. The van der Waals surface area contributed by atoms with Gasteiger partial charge in [-0.2, -0.15) is 0 Å². The molecule has 1 aliphatic heterocycles. The summed E-state index contributed by atoms with van der Waals surface area (Å²) in [5.74, 6) is -24.7. The highest BCUT2D eigenvalue weighted by Crippen LogP contribution is 2.53. The third kappa shape index (κ3) is 4.67. The molecule has 0 aromatic heterocycles. The highest BCUT2D eigenvalue weighted by molar-refractivity contribution is 7.88. The molecule has 0 saturated carbocycles. The summed E-state index contributed by atoms with van der Waals surface area (Å²) in [6.45, 7) is 0. The first-order valence-corrected chi connectivity index (χ1v) is 13.2. The molecule has 0 aliphatic carbocycles. The van der Waals surface area contributed by atoms with E-state index < -0.39 is 92.6 Å². The summed E-state index contributed by atoms with van der Waals surface area (Å²) < 4.78 is 173. The van der Waals surface area contributed by atoms with Crippen molar-refractivity contribution in [3.8, 4) is 11.5 Å². The van der Waals surface area contributed by atoms with Crippen molar-refractivity contribution in [1.29, 1.82) is 0 Å². The van der Waals surface area contributed by atoms with Crippen molar-refractivity contribution in [2.75, 3.05) is 22.8 Å². The lowest BCUT2D eigenvalue weighted by Gasteiger charge is -2.29. The van der Waals surface area contributed by atoms with Crippen molar-refractivity contribution >= 4 is 22.5 Å². The van der Waals surface area contributed by atoms with Crippen molar-refractivity contribution < 1.29 is 57.6 Å².